The molecular formula is C25H20N4O4S. The summed E-state index contributed by atoms with van der Waals surface area (Å²) in [6, 6.07) is 11.6. The molecule has 34 heavy (non-hydrogen) atoms. The molecule has 0 radical (unpaired) electrons. The number of amides is 1. The Morgan fingerprint density at radius 2 is 2.12 bits per heavy atom. The highest BCUT2D eigenvalue weighted by Crippen LogP contribution is 2.43. The molecule has 170 valence electrons. The van der Waals surface area contributed by atoms with E-state index in [2.05, 4.69) is 16.5 Å². The summed E-state index contributed by atoms with van der Waals surface area (Å²) in [4.78, 5) is 36.6. The fraction of sp³-hybridized carbons (Fsp3) is 0.120. The van der Waals surface area contributed by atoms with Crippen molar-refractivity contribution in [2.24, 2.45) is 0 Å². The zero-order valence-corrected chi connectivity index (χ0v) is 19.0. The second-order valence-electron chi connectivity index (χ2n) is 7.63. The first-order valence-corrected chi connectivity index (χ1v) is 11.4. The highest BCUT2D eigenvalue weighted by Gasteiger charge is 2.48. The lowest BCUT2D eigenvalue weighted by Gasteiger charge is -2.23. The average Bonchev–Trinajstić information content (AvgIpc) is 3.54. The molecule has 0 bridgehead atoms. The molecule has 0 aliphatic carbocycles. The van der Waals surface area contributed by atoms with Crippen LogP contribution in [0.15, 0.2) is 78.5 Å². The van der Waals surface area contributed by atoms with Crippen molar-refractivity contribution in [3.05, 3.63) is 95.4 Å². The molecule has 4 aromatic rings. The number of aryl methyl sites for hydroxylation is 1. The molecule has 1 amide bonds. The van der Waals surface area contributed by atoms with Crippen LogP contribution in [0.4, 0.5) is 5.13 Å². The SMILES string of the molecule is C=CCOc1cccc(C2C(=C(O)c3c(C)nc4ccccn34)C(=O)C(=O)N2c2nccs2)c1. The Bertz CT molecular complexity index is 1450. The van der Waals surface area contributed by atoms with Gasteiger partial charge in [0.25, 0.3) is 5.78 Å². The Kier molecular flexibility index (Phi) is 5.46. The summed E-state index contributed by atoms with van der Waals surface area (Å²) in [5.74, 6) is -1.30. The Morgan fingerprint density at radius 3 is 2.88 bits per heavy atom. The normalized spacial score (nSPS) is 17.4. The molecule has 1 aromatic carbocycles. The summed E-state index contributed by atoms with van der Waals surface area (Å²) in [6.07, 6.45) is 4.94. The van der Waals surface area contributed by atoms with Gasteiger partial charge in [0.05, 0.1) is 17.3 Å². The summed E-state index contributed by atoms with van der Waals surface area (Å²) < 4.78 is 7.36. The van der Waals surface area contributed by atoms with E-state index in [9.17, 15) is 14.7 Å². The second kappa shape index (κ2) is 8.60. The summed E-state index contributed by atoms with van der Waals surface area (Å²) in [6.45, 7) is 5.71. The topological polar surface area (TPSA) is 97.0 Å². The number of aliphatic hydroxyl groups excluding tert-OH is 1. The highest BCUT2D eigenvalue weighted by molar-refractivity contribution is 7.14. The Hall–Kier alpha value is -4.24. The quantitative estimate of drug-likeness (QED) is 0.195. The van der Waals surface area contributed by atoms with Crippen LogP contribution in [-0.4, -0.2) is 37.8 Å². The van der Waals surface area contributed by atoms with Gasteiger partial charge in [-0.25, -0.2) is 9.97 Å². The van der Waals surface area contributed by atoms with Gasteiger partial charge in [-0.2, -0.15) is 0 Å². The van der Waals surface area contributed by atoms with Crippen LogP contribution >= 0.6 is 11.3 Å². The number of benzene rings is 1. The number of carbonyl (C=O) groups excluding carboxylic acids is 2. The lowest BCUT2D eigenvalue weighted by molar-refractivity contribution is -0.132. The van der Waals surface area contributed by atoms with Gasteiger partial charge in [0.2, 0.25) is 0 Å². The number of hydrogen-bond donors (Lipinski definition) is 1. The maximum atomic E-state index is 13.3. The lowest BCUT2D eigenvalue weighted by Crippen LogP contribution is -2.29. The van der Waals surface area contributed by atoms with Gasteiger partial charge in [0.1, 0.15) is 23.7 Å². The third kappa shape index (κ3) is 3.46. The van der Waals surface area contributed by atoms with Gasteiger partial charge in [0, 0.05) is 17.8 Å². The van der Waals surface area contributed by atoms with Gasteiger partial charge in [-0.05, 0) is 36.8 Å². The molecule has 1 fully saturated rings. The Labute approximate surface area is 199 Å². The van der Waals surface area contributed by atoms with Crippen molar-refractivity contribution in [2.45, 2.75) is 13.0 Å². The van der Waals surface area contributed by atoms with Crippen LogP contribution < -0.4 is 9.64 Å². The molecular weight excluding hydrogens is 452 g/mol. The van der Waals surface area contributed by atoms with Gasteiger partial charge >= 0.3 is 5.91 Å². The minimum absolute atomic E-state index is 0.0326. The largest absolute Gasteiger partial charge is 0.505 e. The smallest absolute Gasteiger partial charge is 0.301 e. The second-order valence-corrected chi connectivity index (χ2v) is 8.50. The lowest BCUT2D eigenvalue weighted by atomic mass is 9.96. The van der Waals surface area contributed by atoms with E-state index in [0.717, 1.165) is 0 Å². The zero-order chi connectivity index (χ0) is 23.8. The third-order valence-electron chi connectivity index (χ3n) is 5.54. The molecule has 9 heteroatoms. The van der Waals surface area contributed by atoms with Crippen LogP contribution in [0.25, 0.3) is 11.4 Å². The van der Waals surface area contributed by atoms with Gasteiger partial charge in [-0.15, -0.1) is 11.3 Å². The van der Waals surface area contributed by atoms with Crippen LogP contribution in [0.3, 0.4) is 0 Å². The summed E-state index contributed by atoms with van der Waals surface area (Å²) in [5.41, 5.74) is 2.08. The van der Waals surface area contributed by atoms with Crippen molar-refractivity contribution < 1.29 is 19.4 Å². The fourth-order valence-electron chi connectivity index (χ4n) is 4.14. The first-order chi connectivity index (χ1) is 16.5. The molecule has 1 saturated heterocycles. The predicted molar refractivity (Wildman–Crippen MR) is 129 cm³/mol. The number of ether oxygens (including phenoxy) is 1. The number of rotatable bonds is 6. The van der Waals surface area contributed by atoms with E-state index < -0.39 is 17.7 Å². The van der Waals surface area contributed by atoms with Crippen molar-refractivity contribution in [2.75, 3.05) is 11.5 Å². The van der Waals surface area contributed by atoms with Gasteiger partial charge < -0.3 is 9.84 Å². The molecule has 5 rings (SSSR count). The number of pyridine rings is 1. The van der Waals surface area contributed by atoms with Gasteiger partial charge in [-0.1, -0.05) is 30.9 Å². The number of imidazole rings is 1. The monoisotopic (exact) mass is 472 g/mol. The molecule has 0 spiro atoms. The first-order valence-electron chi connectivity index (χ1n) is 10.5. The van der Waals surface area contributed by atoms with E-state index in [1.807, 2.05) is 6.07 Å². The Morgan fingerprint density at radius 1 is 1.26 bits per heavy atom. The number of Topliss-reactive ketones (excluding diaryl/α,β-unsaturated/α-hetero) is 1. The van der Waals surface area contributed by atoms with E-state index >= 15 is 0 Å². The van der Waals surface area contributed by atoms with Gasteiger partial charge in [0.15, 0.2) is 10.9 Å². The van der Waals surface area contributed by atoms with Gasteiger partial charge in [-0.3, -0.25) is 18.9 Å². The van der Waals surface area contributed by atoms with E-state index in [-0.39, 0.29) is 11.3 Å². The number of fused-ring (bicyclic) bond motifs is 1. The van der Waals surface area contributed by atoms with E-state index in [1.54, 1.807) is 71.6 Å². The number of carbonyl (C=O) groups is 2. The first kappa shape index (κ1) is 21.6. The maximum Gasteiger partial charge on any atom is 0.301 e. The maximum absolute atomic E-state index is 13.3. The number of nitrogens with zero attached hydrogens (tertiary/aromatic N) is 4. The standard InChI is InChI=1S/C25H20N4O4S/c1-3-12-33-17-8-6-7-16(14-17)21-19(23(31)24(32)29(21)25-26-10-13-34-25)22(30)20-15(2)27-18-9-4-5-11-28(18)20/h3-11,13-14,21,30H,1,12H2,2H3. The summed E-state index contributed by atoms with van der Waals surface area (Å²) in [7, 11) is 0. The highest BCUT2D eigenvalue weighted by atomic mass is 32.1. The van der Waals surface area contributed by atoms with Crippen molar-refractivity contribution in [3.8, 4) is 5.75 Å². The van der Waals surface area contributed by atoms with Crippen LogP contribution in [-0.2, 0) is 9.59 Å². The van der Waals surface area contributed by atoms with E-state index in [0.29, 0.717) is 40.1 Å². The minimum Gasteiger partial charge on any atom is -0.505 e. The molecule has 3 aromatic heterocycles. The number of aliphatic hydroxyl groups is 1. The summed E-state index contributed by atoms with van der Waals surface area (Å²) >= 11 is 1.23. The van der Waals surface area contributed by atoms with Crippen LogP contribution in [0.1, 0.15) is 23.0 Å². The number of thiazole rings is 1. The molecule has 1 aliphatic rings. The van der Waals surface area contributed by atoms with Crippen molar-refractivity contribution in [3.63, 3.8) is 0 Å². The molecule has 4 heterocycles. The number of ketones is 1. The predicted octanol–water partition coefficient (Wildman–Crippen LogP) is 4.29. The third-order valence-corrected chi connectivity index (χ3v) is 6.31. The molecule has 8 nitrogen and oxygen atoms in total. The molecule has 1 aliphatic heterocycles. The van der Waals surface area contributed by atoms with Crippen LogP contribution in [0.2, 0.25) is 0 Å². The molecule has 1 unspecified atom stereocenters. The zero-order valence-electron chi connectivity index (χ0n) is 18.2. The molecule has 1 N–H and O–H groups in total. The number of aromatic nitrogens is 3. The Balaban J connectivity index is 1.75. The summed E-state index contributed by atoms with van der Waals surface area (Å²) in [5, 5.41) is 13.6. The average molecular weight is 473 g/mol. The van der Waals surface area contributed by atoms with E-state index in [4.69, 9.17) is 4.74 Å². The van der Waals surface area contributed by atoms with Crippen LogP contribution in [0.5, 0.6) is 5.75 Å². The van der Waals surface area contributed by atoms with Crippen molar-refractivity contribution >= 4 is 39.6 Å². The van der Waals surface area contributed by atoms with Crippen molar-refractivity contribution in [1.29, 1.82) is 0 Å². The molecule has 1 atom stereocenters. The van der Waals surface area contributed by atoms with Crippen LogP contribution in [0, 0.1) is 6.92 Å². The van der Waals surface area contributed by atoms with Crippen molar-refractivity contribution in [1.82, 2.24) is 14.4 Å². The van der Waals surface area contributed by atoms with E-state index in [1.165, 1.54) is 16.2 Å². The molecule has 0 saturated carbocycles. The number of hydrogen-bond acceptors (Lipinski definition) is 7. The minimum atomic E-state index is -0.896. The number of anilines is 1. The fourth-order valence-corrected chi connectivity index (χ4v) is 4.80.